The van der Waals surface area contributed by atoms with E-state index in [2.05, 4.69) is 51.8 Å². The van der Waals surface area contributed by atoms with Gasteiger partial charge in [-0.05, 0) is 48.9 Å². The first-order valence-corrected chi connectivity index (χ1v) is 6.83. The van der Waals surface area contributed by atoms with E-state index < -0.39 is 0 Å². The van der Waals surface area contributed by atoms with Crippen molar-refractivity contribution in [3.8, 4) is 0 Å². The fourth-order valence-electron chi connectivity index (χ4n) is 2.29. The molecule has 1 unspecified atom stereocenters. The fourth-order valence-corrected chi connectivity index (χ4v) is 2.29. The Balaban J connectivity index is 3.28. The molecule has 18 heavy (non-hydrogen) atoms. The summed E-state index contributed by atoms with van der Waals surface area (Å²) in [6.45, 7) is 9.69. The Labute approximate surface area is 111 Å². The van der Waals surface area contributed by atoms with Crippen LogP contribution in [-0.4, -0.2) is 19.9 Å². The van der Waals surface area contributed by atoms with Gasteiger partial charge in [-0.15, -0.1) is 0 Å². The van der Waals surface area contributed by atoms with Crippen molar-refractivity contribution in [2.75, 3.05) is 18.5 Å². The predicted molar refractivity (Wildman–Crippen MR) is 78.6 cm³/mol. The van der Waals surface area contributed by atoms with Crippen LogP contribution in [0.1, 0.15) is 49.8 Å². The highest BCUT2D eigenvalue weighted by molar-refractivity contribution is 5.63. The second kappa shape index (κ2) is 6.58. The normalized spacial score (nSPS) is 12.3. The van der Waals surface area contributed by atoms with E-state index in [0.29, 0.717) is 12.3 Å². The molecule has 0 aliphatic carbocycles. The van der Waals surface area contributed by atoms with E-state index in [1.807, 2.05) is 0 Å². The van der Waals surface area contributed by atoms with Crippen LogP contribution in [0, 0.1) is 6.92 Å². The van der Waals surface area contributed by atoms with E-state index in [4.69, 9.17) is 0 Å². The maximum Gasteiger partial charge on any atom is 0.124 e. The van der Waals surface area contributed by atoms with Crippen LogP contribution in [0.2, 0.25) is 0 Å². The van der Waals surface area contributed by atoms with E-state index in [1.165, 1.54) is 22.4 Å². The second-order valence-electron chi connectivity index (χ2n) is 5.03. The van der Waals surface area contributed by atoms with Gasteiger partial charge in [-0.3, -0.25) is 0 Å². The lowest BCUT2D eigenvalue weighted by Crippen LogP contribution is -2.18. The van der Waals surface area contributed by atoms with E-state index >= 15 is 0 Å². The number of anilines is 1. The van der Waals surface area contributed by atoms with Gasteiger partial charge in [-0.2, -0.15) is 0 Å². The molecule has 100 valence electrons. The van der Waals surface area contributed by atoms with Crippen LogP contribution in [0.5, 0.6) is 0 Å². The number of rotatable bonds is 6. The summed E-state index contributed by atoms with van der Waals surface area (Å²) in [4.78, 5) is 13.1. The van der Waals surface area contributed by atoms with Gasteiger partial charge in [0.25, 0.3) is 0 Å². The quantitative estimate of drug-likeness (QED) is 0.714. The van der Waals surface area contributed by atoms with Gasteiger partial charge in [0.05, 0.1) is 0 Å². The number of hydrogen-bond acceptors (Lipinski definition) is 2. The SMILES string of the molecule is CCC(C)c1cc(C)c(N(C)CC)cc1CC=O. The molecule has 1 aromatic carbocycles. The molecule has 0 amide bonds. The van der Waals surface area contributed by atoms with Crippen molar-refractivity contribution in [2.24, 2.45) is 0 Å². The monoisotopic (exact) mass is 247 g/mol. The van der Waals surface area contributed by atoms with E-state index in [9.17, 15) is 4.79 Å². The maximum absolute atomic E-state index is 10.9. The minimum Gasteiger partial charge on any atom is -0.375 e. The Morgan fingerprint density at radius 3 is 2.50 bits per heavy atom. The Bertz CT molecular complexity index is 412. The van der Waals surface area contributed by atoms with Crippen molar-refractivity contribution in [1.82, 2.24) is 0 Å². The smallest absolute Gasteiger partial charge is 0.124 e. The summed E-state index contributed by atoms with van der Waals surface area (Å²) in [5.74, 6) is 0.514. The van der Waals surface area contributed by atoms with Crippen LogP contribution >= 0.6 is 0 Å². The molecule has 2 heteroatoms. The summed E-state index contributed by atoms with van der Waals surface area (Å²) in [6.07, 6.45) is 2.63. The zero-order valence-electron chi connectivity index (χ0n) is 12.3. The Hall–Kier alpha value is -1.31. The molecule has 1 aromatic rings. The first kappa shape index (κ1) is 14.7. The highest BCUT2D eigenvalue weighted by atomic mass is 16.1. The summed E-state index contributed by atoms with van der Waals surface area (Å²) < 4.78 is 0. The lowest BCUT2D eigenvalue weighted by atomic mass is 9.90. The van der Waals surface area contributed by atoms with Crippen molar-refractivity contribution in [3.05, 3.63) is 28.8 Å². The zero-order valence-corrected chi connectivity index (χ0v) is 12.3. The average molecular weight is 247 g/mol. The molecule has 0 fully saturated rings. The Morgan fingerprint density at radius 2 is 2.00 bits per heavy atom. The molecular weight excluding hydrogens is 222 g/mol. The van der Waals surface area contributed by atoms with Crippen molar-refractivity contribution >= 4 is 12.0 Å². The molecule has 0 N–H and O–H groups in total. The number of aldehydes is 1. The number of nitrogens with zero attached hydrogens (tertiary/aromatic N) is 1. The standard InChI is InChI=1S/C16H25NO/c1-6-12(3)15-10-13(4)16(17(5)7-2)11-14(15)8-9-18/h9-12H,6-8H2,1-5H3. The fraction of sp³-hybridized carbons (Fsp3) is 0.562. The summed E-state index contributed by atoms with van der Waals surface area (Å²) in [5, 5.41) is 0. The van der Waals surface area contributed by atoms with Crippen LogP contribution in [0.4, 0.5) is 5.69 Å². The lowest BCUT2D eigenvalue weighted by Gasteiger charge is -2.23. The molecule has 0 saturated heterocycles. The largest absolute Gasteiger partial charge is 0.375 e. The van der Waals surface area contributed by atoms with E-state index in [1.54, 1.807) is 0 Å². The third kappa shape index (κ3) is 3.12. The first-order valence-electron chi connectivity index (χ1n) is 6.83. The topological polar surface area (TPSA) is 20.3 Å². The molecule has 0 aliphatic rings. The summed E-state index contributed by atoms with van der Waals surface area (Å²) in [5.41, 5.74) is 5.04. The minimum atomic E-state index is 0.514. The molecule has 0 spiro atoms. The van der Waals surface area contributed by atoms with E-state index in [0.717, 1.165) is 19.3 Å². The van der Waals surface area contributed by atoms with Gasteiger partial charge >= 0.3 is 0 Å². The van der Waals surface area contributed by atoms with E-state index in [-0.39, 0.29) is 0 Å². The van der Waals surface area contributed by atoms with Gasteiger partial charge in [0.1, 0.15) is 6.29 Å². The number of carbonyl (C=O) groups excluding carboxylic acids is 1. The molecule has 0 saturated carbocycles. The summed E-state index contributed by atoms with van der Waals surface area (Å²) in [6, 6.07) is 4.45. The minimum absolute atomic E-state index is 0.514. The maximum atomic E-state index is 10.9. The number of hydrogen-bond donors (Lipinski definition) is 0. The van der Waals surface area contributed by atoms with Crippen LogP contribution in [-0.2, 0) is 11.2 Å². The third-order valence-electron chi connectivity index (χ3n) is 3.79. The molecule has 1 atom stereocenters. The molecule has 0 aliphatic heterocycles. The van der Waals surface area contributed by atoms with Gasteiger partial charge in [-0.25, -0.2) is 0 Å². The second-order valence-corrected chi connectivity index (χ2v) is 5.03. The summed E-state index contributed by atoms with van der Waals surface area (Å²) >= 11 is 0. The Kier molecular flexibility index (Phi) is 5.39. The van der Waals surface area contributed by atoms with Gasteiger partial charge in [0.2, 0.25) is 0 Å². The van der Waals surface area contributed by atoms with Gasteiger partial charge in [0.15, 0.2) is 0 Å². The van der Waals surface area contributed by atoms with Crippen LogP contribution < -0.4 is 4.90 Å². The number of aryl methyl sites for hydroxylation is 1. The van der Waals surface area contributed by atoms with Crippen LogP contribution in [0.3, 0.4) is 0 Å². The van der Waals surface area contributed by atoms with Crippen LogP contribution in [0.25, 0.3) is 0 Å². The molecule has 1 rings (SSSR count). The average Bonchev–Trinajstić information content (AvgIpc) is 2.38. The van der Waals surface area contributed by atoms with Gasteiger partial charge < -0.3 is 9.69 Å². The van der Waals surface area contributed by atoms with Crippen molar-refractivity contribution in [2.45, 2.75) is 46.5 Å². The van der Waals surface area contributed by atoms with Gasteiger partial charge in [-0.1, -0.05) is 19.9 Å². The predicted octanol–water partition coefficient (Wildman–Crippen LogP) is 3.71. The third-order valence-corrected chi connectivity index (χ3v) is 3.79. The summed E-state index contributed by atoms with van der Waals surface area (Å²) in [7, 11) is 2.09. The zero-order chi connectivity index (χ0) is 13.7. The molecule has 0 aromatic heterocycles. The molecule has 0 heterocycles. The Morgan fingerprint density at radius 1 is 1.33 bits per heavy atom. The molecule has 2 nitrogen and oxygen atoms in total. The van der Waals surface area contributed by atoms with Crippen molar-refractivity contribution < 1.29 is 4.79 Å². The highest BCUT2D eigenvalue weighted by Crippen LogP contribution is 2.30. The molecular formula is C16H25NO. The highest BCUT2D eigenvalue weighted by Gasteiger charge is 2.13. The number of benzene rings is 1. The van der Waals surface area contributed by atoms with Crippen LogP contribution in [0.15, 0.2) is 12.1 Å². The molecule has 0 bridgehead atoms. The molecule has 0 radical (unpaired) electrons. The van der Waals surface area contributed by atoms with Crippen molar-refractivity contribution in [3.63, 3.8) is 0 Å². The lowest BCUT2D eigenvalue weighted by molar-refractivity contribution is -0.107. The number of carbonyl (C=O) groups is 1. The first-order chi connectivity index (χ1) is 8.54. The van der Waals surface area contributed by atoms with Gasteiger partial charge in [0, 0.05) is 25.7 Å². The van der Waals surface area contributed by atoms with Crippen molar-refractivity contribution in [1.29, 1.82) is 0 Å².